The van der Waals surface area contributed by atoms with Gasteiger partial charge in [-0.15, -0.1) is 0 Å². The largest absolute Gasteiger partial charge is 0.465 e. The number of nitrogens with one attached hydrogen (secondary N) is 2. The van der Waals surface area contributed by atoms with Gasteiger partial charge in [0.1, 0.15) is 6.54 Å². The lowest BCUT2D eigenvalue weighted by molar-refractivity contribution is -0.143. The van der Waals surface area contributed by atoms with Crippen molar-refractivity contribution in [3.05, 3.63) is 20.8 Å². The van der Waals surface area contributed by atoms with Crippen molar-refractivity contribution in [3.63, 3.8) is 0 Å². The first-order valence-corrected chi connectivity index (χ1v) is 7.83. The summed E-state index contributed by atoms with van der Waals surface area (Å²) < 4.78 is 7.79. The topological polar surface area (TPSA) is 114 Å². The van der Waals surface area contributed by atoms with Crippen LogP contribution in [-0.4, -0.2) is 57.9 Å². The van der Waals surface area contributed by atoms with Crippen LogP contribution in [0.5, 0.6) is 0 Å². The standard InChI is InChI=1S/C14H20N6O4/c1-3-24-9(21)8-20-10-11(18(2)14(23)17-12(10)22)16-13(20)19-6-4-15-5-7-19/h15H,3-8H2,1-2H3,(H,17,22,23). The van der Waals surface area contributed by atoms with Crippen molar-refractivity contribution in [1.29, 1.82) is 0 Å². The van der Waals surface area contributed by atoms with Crippen LogP contribution in [0.25, 0.3) is 11.2 Å². The molecule has 130 valence electrons. The van der Waals surface area contributed by atoms with Crippen LogP contribution in [0.2, 0.25) is 0 Å². The fraction of sp³-hybridized carbons (Fsp3) is 0.571. The molecule has 1 saturated heterocycles. The van der Waals surface area contributed by atoms with Crippen molar-refractivity contribution >= 4 is 23.1 Å². The zero-order chi connectivity index (χ0) is 17.3. The van der Waals surface area contributed by atoms with Crippen LogP contribution in [0.1, 0.15) is 6.92 Å². The summed E-state index contributed by atoms with van der Waals surface area (Å²) in [5, 5.41) is 3.24. The number of hydrogen-bond donors (Lipinski definition) is 2. The average Bonchev–Trinajstić information content (AvgIpc) is 2.93. The zero-order valence-corrected chi connectivity index (χ0v) is 13.7. The Labute approximate surface area is 137 Å². The molecule has 0 amide bonds. The molecule has 1 fully saturated rings. The number of anilines is 1. The van der Waals surface area contributed by atoms with E-state index < -0.39 is 17.2 Å². The van der Waals surface area contributed by atoms with E-state index in [9.17, 15) is 14.4 Å². The summed E-state index contributed by atoms with van der Waals surface area (Å²) in [6.07, 6.45) is 0. The van der Waals surface area contributed by atoms with E-state index in [0.29, 0.717) is 19.0 Å². The first kappa shape index (κ1) is 16.2. The van der Waals surface area contributed by atoms with Crippen LogP contribution in [-0.2, 0) is 23.1 Å². The minimum atomic E-state index is -0.564. The first-order valence-electron chi connectivity index (χ1n) is 7.83. The fourth-order valence-electron chi connectivity index (χ4n) is 2.81. The Balaban J connectivity index is 2.19. The maximum absolute atomic E-state index is 12.3. The average molecular weight is 336 g/mol. The number of piperazine rings is 1. The molecule has 10 nitrogen and oxygen atoms in total. The number of aryl methyl sites for hydroxylation is 1. The Bertz CT molecular complexity index is 874. The molecule has 3 rings (SSSR count). The Hall–Kier alpha value is -2.62. The molecule has 0 bridgehead atoms. The summed E-state index contributed by atoms with van der Waals surface area (Å²) in [6, 6.07) is 0. The molecule has 0 unspecified atom stereocenters. The lowest BCUT2D eigenvalue weighted by Crippen LogP contribution is -2.44. The number of carbonyl (C=O) groups is 1. The predicted molar refractivity (Wildman–Crippen MR) is 87.3 cm³/mol. The fourth-order valence-corrected chi connectivity index (χ4v) is 2.81. The van der Waals surface area contributed by atoms with Gasteiger partial charge >= 0.3 is 11.7 Å². The van der Waals surface area contributed by atoms with Crippen molar-refractivity contribution in [3.8, 4) is 0 Å². The van der Waals surface area contributed by atoms with Crippen LogP contribution in [0.15, 0.2) is 9.59 Å². The van der Waals surface area contributed by atoms with Gasteiger partial charge in [0.15, 0.2) is 11.2 Å². The SMILES string of the molecule is CCOC(=O)Cn1c(N2CCNCC2)nc2c1c(=O)[nH]c(=O)n2C. The highest BCUT2D eigenvalue weighted by molar-refractivity contribution is 5.78. The van der Waals surface area contributed by atoms with Crippen LogP contribution in [0.4, 0.5) is 5.95 Å². The van der Waals surface area contributed by atoms with Crippen molar-refractivity contribution < 1.29 is 9.53 Å². The molecule has 1 aliphatic heterocycles. The number of ether oxygens (including phenoxy) is 1. The van der Waals surface area contributed by atoms with Crippen LogP contribution >= 0.6 is 0 Å². The highest BCUT2D eigenvalue weighted by atomic mass is 16.5. The minimum absolute atomic E-state index is 0.134. The molecule has 3 heterocycles. The lowest BCUT2D eigenvalue weighted by atomic mass is 10.4. The lowest BCUT2D eigenvalue weighted by Gasteiger charge is -2.28. The van der Waals surface area contributed by atoms with E-state index in [2.05, 4.69) is 15.3 Å². The summed E-state index contributed by atoms with van der Waals surface area (Å²) in [4.78, 5) is 44.8. The number of hydrogen-bond acceptors (Lipinski definition) is 7. The Morgan fingerprint density at radius 1 is 1.29 bits per heavy atom. The molecule has 0 spiro atoms. The molecule has 2 N–H and O–H groups in total. The van der Waals surface area contributed by atoms with Gasteiger partial charge in [0.2, 0.25) is 5.95 Å². The third kappa shape index (κ3) is 2.80. The highest BCUT2D eigenvalue weighted by Crippen LogP contribution is 2.20. The van der Waals surface area contributed by atoms with Gasteiger partial charge < -0.3 is 15.0 Å². The summed E-state index contributed by atoms with van der Waals surface area (Å²) in [5.41, 5.74) is -0.660. The van der Waals surface area contributed by atoms with Crippen LogP contribution < -0.4 is 21.5 Å². The number of aromatic amines is 1. The number of carbonyl (C=O) groups excluding carboxylic acids is 1. The number of esters is 1. The monoisotopic (exact) mass is 336 g/mol. The minimum Gasteiger partial charge on any atom is -0.465 e. The summed E-state index contributed by atoms with van der Waals surface area (Å²) in [6.45, 7) is 4.78. The molecule has 2 aromatic rings. The predicted octanol–water partition coefficient (Wildman–Crippen LogP) is -1.60. The van der Waals surface area contributed by atoms with E-state index in [0.717, 1.165) is 13.1 Å². The van der Waals surface area contributed by atoms with E-state index in [-0.39, 0.29) is 24.3 Å². The van der Waals surface area contributed by atoms with Crippen molar-refractivity contribution in [2.45, 2.75) is 13.5 Å². The molecule has 0 saturated carbocycles. The molecular weight excluding hydrogens is 316 g/mol. The van der Waals surface area contributed by atoms with Crippen molar-refractivity contribution in [2.24, 2.45) is 7.05 Å². The first-order chi connectivity index (χ1) is 11.5. The van der Waals surface area contributed by atoms with Gasteiger partial charge in [0.05, 0.1) is 6.61 Å². The van der Waals surface area contributed by atoms with E-state index in [1.54, 1.807) is 6.92 Å². The Kier molecular flexibility index (Phi) is 4.38. The quantitative estimate of drug-likeness (QED) is 0.646. The number of imidazole rings is 1. The molecular formula is C14H20N6O4. The third-order valence-electron chi connectivity index (χ3n) is 3.98. The number of nitrogens with zero attached hydrogens (tertiary/aromatic N) is 4. The molecule has 10 heteroatoms. The molecule has 0 radical (unpaired) electrons. The van der Waals surface area contributed by atoms with Crippen LogP contribution in [0, 0.1) is 0 Å². The van der Waals surface area contributed by atoms with E-state index in [4.69, 9.17) is 4.74 Å². The maximum Gasteiger partial charge on any atom is 0.329 e. The molecule has 24 heavy (non-hydrogen) atoms. The van der Waals surface area contributed by atoms with Gasteiger partial charge in [-0.2, -0.15) is 4.98 Å². The summed E-state index contributed by atoms with van der Waals surface area (Å²) in [5.74, 6) is 0.0349. The van der Waals surface area contributed by atoms with Gasteiger partial charge in [-0.25, -0.2) is 4.79 Å². The van der Waals surface area contributed by atoms with Crippen molar-refractivity contribution in [2.75, 3.05) is 37.7 Å². The second kappa shape index (κ2) is 6.48. The maximum atomic E-state index is 12.3. The number of fused-ring (bicyclic) bond motifs is 1. The smallest absolute Gasteiger partial charge is 0.329 e. The number of rotatable bonds is 4. The third-order valence-corrected chi connectivity index (χ3v) is 3.98. The molecule has 0 aromatic carbocycles. The normalized spacial score (nSPS) is 15.0. The van der Waals surface area contributed by atoms with Gasteiger partial charge in [-0.05, 0) is 6.92 Å². The molecule has 0 atom stereocenters. The van der Waals surface area contributed by atoms with E-state index >= 15 is 0 Å². The van der Waals surface area contributed by atoms with Gasteiger partial charge in [-0.3, -0.25) is 23.7 Å². The summed E-state index contributed by atoms with van der Waals surface area (Å²) in [7, 11) is 1.53. The number of H-pyrrole nitrogens is 1. The molecule has 2 aromatic heterocycles. The Morgan fingerprint density at radius 3 is 2.67 bits per heavy atom. The molecule has 1 aliphatic rings. The Morgan fingerprint density at radius 2 is 2.00 bits per heavy atom. The van der Waals surface area contributed by atoms with Gasteiger partial charge in [-0.1, -0.05) is 0 Å². The second-order valence-electron chi connectivity index (χ2n) is 5.53. The van der Waals surface area contributed by atoms with Crippen LogP contribution in [0.3, 0.4) is 0 Å². The van der Waals surface area contributed by atoms with Gasteiger partial charge in [0, 0.05) is 33.2 Å². The van der Waals surface area contributed by atoms with Crippen molar-refractivity contribution in [1.82, 2.24) is 24.4 Å². The summed E-state index contributed by atoms with van der Waals surface area (Å²) >= 11 is 0. The molecule has 0 aliphatic carbocycles. The van der Waals surface area contributed by atoms with Gasteiger partial charge in [0.25, 0.3) is 5.56 Å². The zero-order valence-electron chi connectivity index (χ0n) is 13.7. The van der Waals surface area contributed by atoms with E-state index in [1.165, 1.54) is 16.2 Å². The highest BCUT2D eigenvalue weighted by Gasteiger charge is 2.24. The number of aromatic nitrogens is 4. The van der Waals surface area contributed by atoms with E-state index in [1.807, 2.05) is 4.90 Å². The second-order valence-corrected chi connectivity index (χ2v) is 5.53.